The van der Waals surface area contributed by atoms with Gasteiger partial charge in [0.05, 0.1) is 6.54 Å². The van der Waals surface area contributed by atoms with Gasteiger partial charge in [-0.25, -0.2) is 0 Å². The second kappa shape index (κ2) is 5.35. The zero-order valence-corrected chi connectivity index (χ0v) is 13.1. The summed E-state index contributed by atoms with van der Waals surface area (Å²) >= 11 is 3.26. The first kappa shape index (κ1) is 13.9. The normalized spacial score (nSPS) is 28.7. The summed E-state index contributed by atoms with van der Waals surface area (Å²) < 4.78 is 6.11. The van der Waals surface area contributed by atoms with Crippen LogP contribution in [0, 0.1) is 17.8 Å². The number of hydrogen-bond acceptors (Lipinski definition) is 3. The molecule has 0 aromatic carbocycles. The Morgan fingerprint density at radius 1 is 1.35 bits per heavy atom. The molecule has 1 unspecified atom stereocenters. The first-order chi connectivity index (χ1) is 9.54. The van der Waals surface area contributed by atoms with Gasteiger partial charge in [0.15, 0.2) is 4.67 Å². The van der Waals surface area contributed by atoms with E-state index in [1.807, 2.05) is 12.1 Å². The number of carbonyl (C=O) groups is 2. The summed E-state index contributed by atoms with van der Waals surface area (Å²) in [6.07, 6.45) is 3.42. The molecule has 108 valence electrons. The number of ketones is 1. The van der Waals surface area contributed by atoms with Crippen LogP contribution in [0.2, 0.25) is 0 Å². The molecule has 1 heterocycles. The van der Waals surface area contributed by atoms with Crippen molar-refractivity contribution < 1.29 is 14.0 Å². The highest BCUT2D eigenvalue weighted by Gasteiger charge is 2.44. The minimum atomic E-state index is 0.00797. The predicted octanol–water partition coefficient (Wildman–Crippen LogP) is 3.01. The topological polar surface area (TPSA) is 50.5 Å². The second-order valence-corrected chi connectivity index (χ2v) is 6.72. The standard InChI is InChI=1S/C15H18BrNO3/c1-17(8-12-4-5-13(16)20-12)15(19)11-6-9-2-3-10(7-11)14(9)18/h4-5,9-11H,2-3,6-8H2,1H3/t9-,10+,11?. The molecule has 1 aromatic rings. The SMILES string of the molecule is CN(Cc1ccc(Br)o1)C(=O)C1C[C@H]2CC[C@@H](C1)C2=O. The summed E-state index contributed by atoms with van der Waals surface area (Å²) in [5.74, 6) is 1.58. The number of carbonyl (C=O) groups excluding carboxylic acids is 2. The van der Waals surface area contributed by atoms with E-state index >= 15 is 0 Å². The van der Waals surface area contributed by atoms with Crippen molar-refractivity contribution in [3.05, 3.63) is 22.6 Å². The molecule has 20 heavy (non-hydrogen) atoms. The molecule has 2 saturated carbocycles. The van der Waals surface area contributed by atoms with Crippen molar-refractivity contribution in [2.75, 3.05) is 7.05 Å². The number of nitrogens with zero attached hydrogens (tertiary/aromatic N) is 1. The lowest BCUT2D eigenvalue weighted by Crippen LogP contribution is -2.38. The molecule has 5 heteroatoms. The van der Waals surface area contributed by atoms with Gasteiger partial charge in [0.25, 0.3) is 0 Å². The van der Waals surface area contributed by atoms with E-state index in [-0.39, 0.29) is 23.7 Å². The molecule has 1 aromatic heterocycles. The lowest BCUT2D eigenvalue weighted by atomic mass is 9.79. The highest BCUT2D eigenvalue weighted by Crippen LogP contribution is 2.42. The molecule has 3 rings (SSSR count). The average Bonchev–Trinajstić information content (AvgIpc) is 2.88. The Balaban J connectivity index is 1.62. The molecule has 1 amide bonds. The summed E-state index contributed by atoms with van der Waals surface area (Å²) in [5.41, 5.74) is 0. The highest BCUT2D eigenvalue weighted by molar-refractivity contribution is 9.10. The van der Waals surface area contributed by atoms with Gasteiger partial charge in [-0.05, 0) is 53.7 Å². The molecule has 4 nitrogen and oxygen atoms in total. The van der Waals surface area contributed by atoms with Gasteiger partial charge >= 0.3 is 0 Å². The van der Waals surface area contributed by atoms with Crippen LogP contribution < -0.4 is 0 Å². The molecule has 0 N–H and O–H groups in total. The van der Waals surface area contributed by atoms with E-state index in [1.54, 1.807) is 11.9 Å². The summed E-state index contributed by atoms with van der Waals surface area (Å²) in [7, 11) is 1.80. The van der Waals surface area contributed by atoms with E-state index in [2.05, 4.69) is 15.9 Å². The summed E-state index contributed by atoms with van der Waals surface area (Å²) in [6, 6.07) is 3.69. The van der Waals surface area contributed by atoms with E-state index < -0.39 is 0 Å². The van der Waals surface area contributed by atoms with Crippen LogP contribution in [0.4, 0.5) is 0 Å². The van der Waals surface area contributed by atoms with Gasteiger partial charge in [-0.1, -0.05) is 0 Å². The van der Waals surface area contributed by atoms with Crippen LogP contribution in [-0.2, 0) is 16.1 Å². The van der Waals surface area contributed by atoms with Gasteiger partial charge < -0.3 is 9.32 Å². The first-order valence-electron chi connectivity index (χ1n) is 7.07. The number of amides is 1. The molecule has 0 spiro atoms. The van der Waals surface area contributed by atoms with E-state index in [0.29, 0.717) is 17.0 Å². The van der Waals surface area contributed by atoms with Gasteiger partial charge in [-0.3, -0.25) is 9.59 Å². The minimum absolute atomic E-state index is 0.00797. The predicted molar refractivity (Wildman–Crippen MR) is 76.8 cm³/mol. The molecule has 3 atom stereocenters. The molecule has 2 bridgehead atoms. The molecule has 0 radical (unpaired) electrons. The molecule has 2 aliphatic rings. The number of hydrogen-bond donors (Lipinski definition) is 0. The second-order valence-electron chi connectivity index (χ2n) is 5.94. The van der Waals surface area contributed by atoms with Gasteiger partial charge in [-0.15, -0.1) is 0 Å². The maximum absolute atomic E-state index is 12.5. The van der Waals surface area contributed by atoms with Crippen molar-refractivity contribution in [1.82, 2.24) is 4.90 Å². The molecule has 2 aliphatic carbocycles. The summed E-state index contributed by atoms with van der Waals surface area (Å²) in [4.78, 5) is 26.1. The van der Waals surface area contributed by atoms with Crippen LogP contribution in [0.25, 0.3) is 0 Å². The van der Waals surface area contributed by atoms with Crippen LogP contribution in [0.3, 0.4) is 0 Å². The number of rotatable bonds is 3. The van der Waals surface area contributed by atoms with Crippen LogP contribution in [-0.4, -0.2) is 23.6 Å². The number of Topliss-reactive ketones (excluding diaryl/α,β-unsaturated/α-hetero) is 1. The Morgan fingerprint density at radius 2 is 2.00 bits per heavy atom. The van der Waals surface area contributed by atoms with Crippen molar-refractivity contribution in [3.8, 4) is 0 Å². The highest BCUT2D eigenvalue weighted by atomic mass is 79.9. The van der Waals surface area contributed by atoms with Crippen molar-refractivity contribution in [3.63, 3.8) is 0 Å². The molecule has 2 fully saturated rings. The van der Waals surface area contributed by atoms with Crippen molar-refractivity contribution in [2.45, 2.75) is 32.2 Å². The van der Waals surface area contributed by atoms with Crippen LogP contribution in [0.1, 0.15) is 31.4 Å². The minimum Gasteiger partial charge on any atom is -0.452 e. The fraction of sp³-hybridized carbons (Fsp3) is 0.600. The molecule has 0 saturated heterocycles. The van der Waals surface area contributed by atoms with Crippen LogP contribution in [0.15, 0.2) is 21.2 Å². The molecule has 0 aliphatic heterocycles. The zero-order valence-electron chi connectivity index (χ0n) is 11.5. The first-order valence-corrected chi connectivity index (χ1v) is 7.87. The van der Waals surface area contributed by atoms with Crippen LogP contribution >= 0.6 is 15.9 Å². The Labute approximate surface area is 126 Å². The smallest absolute Gasteiger partial charge is 0.225 e. The fourth-order valence-corrected chi connectivity index (χ4v) is 3.87. The van der Waals surface area contributed by atoms with Gasteiger partial charge in [0.2, 0.25) is 5.91 Å². The van der Waals surface area contributed by atoms with Crippen molar-refractivity contribution in [2.24, 2.45) is 17.8 Å². The Bertz CT molecular complexity index is 523. The summed E-state index contributed by atoms with van der Waals surface area (Å²) in [5, 5.41) is 0. The monoisotopic (exact) mass is 339 g/mol. The van der Waals surface area contributed by atoms with Gasteiger partial charge in [-0.2, -0.15) is 0 Å². The zero-order chi connectivity index (χ0) is 14.3. The Hall–Kier alpha value is -1.10. The van der Waals surface area contributed by atoms with E-state index in [4.69, 9.17) is 4.42 Å². The van der Waals surface area contributed by atoms with E-state index in [9.17, 15) is 9.59 Å². The lowest BCUT2D eigenvalue weighted by Gasteiger charge is -2.29. The molecular weight excluding hydrogens is 322 g/mol. The van der Waals surface area contributed by atoms with E-state index in [0.717, 1.165) is 31.4 Å². The van der Waals surface area contributed by atoms with Crippen molar-refractivity contribution in [1.29, 1.82) is 0 Å². The van der Waals surface area contributed by atoms with E-state index in [1.165, 1.54) is 0 Å². The largest absolute Gasteiger partial charge is 0.452 e. The third-order valence-electron chi connectivity index (χ3n) is 4.55. The number of furan rings is 1. The lowest BCUT2D eigenvalue weighted by molar-refractivity contribution is -0.139. The maximum atomic E-state index is 12.5. The van der Waals surface area contributed by atoms with Gasteiger partial charge in [0, 0.05) is 24.8 Å². The maximum Gasteiger partial charge on any atom is 0.225 e. The fourth-order valence-electron chi connectivity index (χ4n) is 3.53. The van der Waals surface area contributed by atoms with Gasteiger partial charge in [0.1, 0.15) is 11.5 Å². The quantitative estimate of drug-likeness (QED) is 0.850. The third kappa shape index (κ3) is 2.55. The summed E-state index contributed by atoms with van der Waals surface area (Å²) in [6.45, 7) is 0.476. The van der Waals surface area contributed by atoms with Crippen LogP contribution in [0.5, 0.6) is 0 Å². The molecular formula is C15H18BrNO3. The third-order valence-corrected chi connectivity index (χ3v) is 4.98. The number of fused-ring (bicyclic) bond motifs is 2. The average molecular weight is 340 g/mol. The Kier molecular flexibility index (Phi) is 3.71. The Morgan fingerprint density at radius 3 is 2.55 bits per heavy atom. The number of halogens is 1. The van der Waals surface area contributed by atoms with Crippen molar-refractivity contribution >= 4 is 27.6 Å².